The number of anilines is 3. The molecule has 0 unspecified atom stereocenters. The lowest BCUT2D eigenvalue weighted by atomic mass is 10.2. The summed E-state index contributed by atoms with van der Waals surface area (Å²) in [4.78, 5) is 8.78. The molecular weight excluding hydrogens is 279 g/mol. The molecule has 0 bridgehead atoms. The molecule has 0 aliphatic rings. The van der Waals surface area contributed by atoms with Gasteiger partial charge in [-0.25, -0.2) is 14.4 Å². The first-order valence-electron chi connectivity index (χ1n) is 6.28. The van der Waals surface area contributed by atoms with Crippen LogP contribution >= 0.6 is 11.6 Å². The maximum Gasteiger partial charge on any atom is 0.143 e. The molecule has 0 spiro atoms. The Labute approximate surface area is 122 Å². The van der Waals surface area contributed by atoms with E-state index < -0.39 is 5.82 Å². The van der Waals surface area contributed by atoms with Crippen LogP contribution in [0.1, 0.15) is 25.6 Å². The molecule has 1 heterocycles. The van der Waals surface area contributed by atoms with Gasteiger partial charge in [-0.3, -0.25) is 0 Å². The molecule has 20 heavy (non-hydrogen) atoms. The Bertz CT molecular complexity index is 616. The third kappa shape index (κ3) is 3.36. The zero-order valence-electron chi connectivity index (χ0n) is 11.5. The van der Waals surface area contributed by atoms with Gasteiger partial charge >= 0.3 is 0 Å². The molecule has 0 amide bonds. The lowest BCUT2D eigenvalue weighted by Crippen LogP contribution is -2.05. The number of halogens is 2. The molecule has 2 N–H and O–H groups in total. The van der Waals surface area contributed by atoms with Crippen molar-refractivity contribution < 1.29 is 4.39 Å². The number of hydrogen-bond acceptors (Lipinski definition) is 4. The van der Waals surface area contributed by atoms with Crippen LogP contribution in [0.5, 0.6) is 0 Å². The zero-order chi connectivity index (χ0) is 14.7. The highest BCUT2D eigenvalue weighted by molar-refractivity contribution is 6.30. The Hall–Kier alpha value is -1.88. The molecule has 1 aromatic carbocycles. The van der Waals surface area contributed by atoms with E-state index in [1.165, 1.54) is 12.1 Å². The van der Waals surface area contributed by atoms with E-state index in [0.29, 0.717) is 23.1 Å². The Morgan fingerprint density at radius 1 is 1.15 bits per heavy atom. The third-order valence-electron chi connectivity index (χ3n) is 2.71. The van der Waals surface area contributed by atoms with Crippen LogP contribution in [-0.2, 0) is 0 Å². The van der Waals surface area contributed by atoms with E-state index >= 15 is 0 Å². The molecule has 0 radical (unpaired) electrons. The van der Waals surface area contributed by atoms with Crippen LogP contribution in [0.4, 0.5) is 21.7 Å². The number of aromatic nitrogens is 2. The number of rotatable bonds is 4. The standard InChI is InChI=1S/C14H16ClFN4/c1-8(2)14-19-12(17-3)7-13(20-14)18-9-4-5-10(15)11(16)6-9/h4-8H,1-3H3,(H2,17,18,19,20). The maximum atomic E-state index is 13.4. The lowest BCUT2D eigenvalue weighted by molar-refractivity contribution is 0.629. The second kappa shape index (κ2) is 6.05. The van der Waals surface area contributed by atoms with E-state index in [-0.39, 0.29) is 10.9 Å². The minimum Gasteiger partial charge on any atom is -0.373 e. The van der Waals surface area contributed by atoms with E-state index in [9.17, 15) is 4.39 Å². The first-order valence-corrected chi connectivity index (χ1v) is 6.66. The van der Waals surface area contributed by atoms with Gasteiger partial charge < -0.3 is 10.6 Å². The van der Waals surface area contributed by atoms with Gasteiger partial charge in [0.1, 0.15) is 23.3 Å². The first kappa shape index (κ1) is 14.5. The zero-order valence-corrected chi connectivity index (χ0v) is 12.3. The molecule has 2 rings (SSSR count). The molecule has 0 fully saturated rings. The summed E-state index contributed by atoms with van der Waals surface area (Å²) in [5.74, 6) is 1.76. The van der Waals surface area contributed by atoms with Crippen LogP contribution in [0, 0.1) is 5.82 Å². The third-order valence-corrected chi connectivity index (χ3v) is 3.01. The fourth-order valence-corrected chi connectivity index (χ4v) is 1.76. The molecule has 1 aromatic heterocycles. The van der Waals surface area contributed by atoms with E-state index in [1.54, 1.807) is 19.2 Å². The van der Waals surface area contributed by atoms with Crippen molar-refractivity contribution in [3.8, 4) is 0 Å². The van der Waals surface area contributed by atoms with Crippen LogP contribution < -0.4 is 10.6 Å². The molecule has 6 heteroatoms. The van der Waals surface area contributed by atoms with Gasteiger partial charge in [0.2, 0.25) is 0 Å². The summed E-state index contributed by atoms with van der Waals surface area (Å²) in [6.45, 7) is 4.03. The summed E-state index contributed by atoms with van der Waals surface area (Å²) >= 11 is 5.66. The van der Waals surface area contributed by atoms with Crippen molar-refractivity contribution in [1.29, 1.82) is 0 Å². The Kier molecular flexibility index (Phi) is 4.39. The topological polar surface area (TPSA) is 49.8 Å². The van der Waals surface area contributed by atoms with Crippen LogP contribution in [0.15, 0.2) is 24.3 Å². The van der Waals surface area contributed by atoms with E-state index in [2.05, 4.69) is 20.6 Å². The quantitative estimate of drug-likeness (QED) is 0.888. The molecule has 2 aromatic rings. The summed E-state index contributed by atoms with van der Waals surface area (Å²) in [5, 5.41) is 6.13. The largest absolute Gasteiger partial charge is 0.373 e. The minimum absolute atomic E-state index is 0.0945. The second-order valence-electron chi connectivity index (χ2n) is 4.66. The summed E-state index contributed by atoms with van der Waals surface area (Å²) in [6.07, 6.45) is 0. The fourth-order valence-electron chi connectivity index (χ4n) is 1.64. The second-order valence-corrected chi connectivity index (χ2v) is 5.06. The average molecular weight is 295 g/mol. The molecule has 0 saturated carbocycles. The molecular formula is C14H16ClFN4. The van der Waals surface area contributed by atoms with Gasteiger partial charge in [-0.05, 0) is 18.2 Å². The summed E-state index contributed by atoms with van der Waals surface area (Å²) in [5.41, 5.74) is 0.586. The number of nitrogens with zero attached hydrogens (tertiary/aromatic N) is 2. The first-order chi connectivity index (χ1) is 9.49. The van der Waals surface area contributed by atoms with Crippen LogP contribution in [0.25, 0.3) is 0 Å². The lowest BCUT2D eigenvalue weighted by Gasteiger charge is -2.11. The van der Waals surface area contributed by atoms with Crippen molar-refractivity contribution >= 4 is 28.9 Å². The van der Waals surface area contributed by atoms with Crippen LogP contribution in [-0.4, -0.2) is 17.0 Å². The maximum absolute atomic E-state index is 13.4. The molecule has 0 atom stereocenters. The fraction of sp³-hybridized carbons (Fsp3) is 0.286. The van der Waals surface area contributed by atoms with Gasteiger partial charge in [0.25, 0.3) is 0 Å². The summed E-state index contributed by atoms with van der Waals surface area (Å²) in [6, 6.07) is 6.29. The van der Waals surface area contributed by atoms with Gasteiger partial charge in [-0.2, -0.15) is 0 Å². The van der Waals surface area contributed by atoms with Crippen molar-refractivity contribution in [3.05, 3.63) is 40.9 Å². The van der Waals surface area contributed by atoms with Crippen molar-refractivity contribution in [2.45, 2.75) is 19.8 Å². The van der Waals surface area contributed by atoms with Crippen LogP contribution in [0.3, 0.4) is 0 Å². The summed E-state index contributed by atoms with van der Waals surface area (Å²) < 4.78 is 13.4. The smallest absolute Gasteiger partial charge is 0.143 e. The normalized spacial score (nSPS) is 10.7. The van der Waals surface area contributed by atoms with E-state index in [0.717, 1.165) is 0 Å². The van der Waals surface area contributed by atoms with Gasteiger partial charge in [-0.15, -0.1) is 0 Å². The van der Waals surface area contributed by atoms with Gasteiger partial charge in [0.05, 0.1) is 5.02 Å². The average Bonchev–Trinajstić information content (AvgIpc) is 2.42. The SMILES string of the molecule is CNc1cc(Nc2ccc(Cl)c(F)c2)nc(C(C)C)n1. The van der Waals surface area contributed by atoms with Crippen molar-refractivity contribution in [3.63, 3.8) is 0 Å². The monoisotopic (exact) mass is 294 g/mol. The number of nitrogens with one attached hydrogen (secondary N) is 2. The minimum atomic E-state index is -0.469. The highest BCUT2D eigenvalue weighted by Gasteiger charge is 2.08. The molecule has 0 aliphatic heterocycles. The van der Waals surface area contributed by atoms with Crippen molar-refractivity contribution in [2.75, 3.05) is 17.7 Å². The van der Waals surface area contributed by atoms with E-state index in [4.69, 9.17) is 11.6 Å². The molecule has 0 saturated heterocycles. The highest BCUT2D eigenvalue weighted by Crippen LogP contribution is 2.23. The van der Waals surface area contributed by atoms with Crippen molar-refractivity contribution in [2.24, 2.45) is 0 Å². The van der Waals surface area contributed by atoms with Gasteiger partial charge in [-0.1, -0.05) is 25.4 Å². The molecule has 0 aliphatic carbocycles. The molecule has 4 nitrogen and oxygen atoms in total. The highest BCUT2D eigenvalue weighted by atomic mass is 35.5. The van der Waals surface area contributed by atoms with Gasteiger partial charge in [0.15, 0.2) is 0 Å². The predicted molar refractivity (Wildman–Crippen MR) is 80.4 cm³/mol. The van der Waals surface area contributed by atoms with Crippen molar-refractivity contribution in [1.82, 2.24) is 9.97 Å². The van der Waals surface area contributed by atoms with E-state index in [1.807, 2.05) is 13.8 Å². The Morgan fingerprint density at radius 3 is 2.45 bits per heavy atom. The predicted octanol–water partition coefficient (Wildman–Crippen LogP) is 4.18. The Morgan fingerprint density at radius 2 is 1.85 bits per heavy atom. The molecule has 106 valence electrons. The summed E-state index contributed by atoms with van der Waals surface area (Å²) in [7, 11) is 1.79. The number of hydrogen-bond donors (Lipinski definition) is 2. The van der Waals surface area contributed by atoms with Crippen LogP contribution in [0.2, 0.25) is 5.02 Å². The van der Waals surface area contributed by atoms with Gasteiger partial charge in [0, 0.05) is 24.7 Å². The Balaban J connectivity index is 2.32. The number of benzene rings is 1.